The second-order valence-corrected chi connectivity index (χ2v) is 5.06. The van der Waals surface area contributed by atoms with E-state index < -0.39 is 5.60 Å². The third-order valence-electron chi connectivity index (χ3n) is 2.74. The van der Waals surface area contributed by atoms with Crippen molar-refractivity contribution in [3.63, 3.8) is 0 Å². The van der Waals surface area contributed by atoms with Crippen LogP contribution < -0.4 is 9.64 Å². The van der Waals surface area contributed by atoms with E-state index in [0.29, 0.717) is 6.54 Å². The Balaban J connectivity index is 2.15. The first-order chi connectivity index (χ1) is 7.46. The van der Waals surface area contributed by atoms with E-state index in [2.05, 4.69) is 11.0 Å². The van der Waals surface area contributed by atoms with Crippen LogP contribution in [0.25, 0.3) is 0 Å². The topological polar surface area (TPSA) is 32.7 Å². The fourth-order valence-electron chi connectivity index (χ4n) is 2.08. The van der Waals surface area contributed by atoms with Crippen molar-refractivity contribution < 1.29 is 9.84 Å². The van der Waals surface area contributed by atoms with Crippen LogP contribution in [0, 0.1) is 0 Å². The minimum atomic E-state index is -0.676. The molecule has 88 valence electrons. The van der Waals surface area contributed by atoms with Crippen molar-refractivity contribution in [3.8, 4) is 5.75 Å². The van der Waals surface area contributed by atoms with Gasteiger partial charge in [0.05, 0.1) is 12.2 Å². The first-order valence-electron chi connectivity index (χ1n) is 5.65. The van der Waals surface area contributed by atoms with Gasteiger partial charge in [0.1, 0.15) is 5.75 Å². The molecule has 0 atom stereocenters. The van der Waals surface area contributed by atoms with Gasteiger partial charge in [-0.3, -0.25) is 0 Å². The molecular formula is C13H19NO2. The standard InChI is InChI=1S/C13H19NO2/c1-13(2,15)9-14(3)11-4-5-12-10(8-11)6-7-16-12/h4-5,8,15H,6-7,9H2,1-3H3. The van der Waals surface area contributed by atoms with Crippen LogP contribution in [0.4, 0.5) is 5.69 Å². The largest absolute Gasteiger partial charge is 0.493 e. The van der Waals surface area contributed by atoms with E-state index in [0.717, 1.165) is 24.5 Å². The van der Waals surface area contributed by atoms with E-state index in [9.17, 15) is 5.11 Å². The molecule has 0 unspecified atom stereocenters. The van der Waals surface area contributed by atoms with Gasteiger partial charge in [0.15, 0.2) is 0 Å². The number of benzene rings is 1. The number of fused-ring (bicyclic) bond motifs is 1. The first-order valence-corrected chi connectivity index (χ1v) is 5.65. The highest BCUT2D eigenvalue weighted by molar-refractivity contribution is 5.54. The van der Waals surface area contributed by atoms with Crippen molar-refractivity contribution in [2.45, 2.75) is 25.9 Å². The Morgan fingerprint density at radius 2 is 2.19 bits per heavy atom. The van der Waals surface area contributed by atoms with Crippen molar-refractivity contribution in [2.24, 2.45) is 0 Å². The van der Waals surface area contributed by atoms with Crippen molar-refractivity contribution in [1.82, 2.24) is 0 Å². The van der Waals surface area contributed by atoms with E-state index in [4.69, 9.17) is 4.74 Å². The summed E-state index contributed by atoms with van der Waals surface area (Å²) >= 11 is 0. The normalized spacial score (nSPS) is 14.5. The highest BCUT2D eigenvalue weighted by Gasteiger charge is 2.18. The summed E-state index contributed by atoms with van der Waals surface area (Å²) in [4.78, 5) is 2.07. The van der Waals surface area contributed by atoms with Gasteiger partial charge in [-0.05, 0) is 37.6 Å². The molecule has 1 N–H and O–H groups in total. The number of rotatable bonds is 3. The average molecular weight is 221 g/mol. The first kappa shape index (κ1) is 11.3. The minimum Gasteiger partial charge on any atom is -0.493 e. The van der Waals surface area contributed by atoms with Gasteiger partial charge in [0.2, 0.25) is 0 Å². The third-order valence-corrected chi connectivity index (χ3v) is 2.74. The molecule has 1 heterocycles. The molecule has 0 saturated carbocycles. The zero-order chi connectivity index (χ0) is 11.8. The van der Waals surface area contributed by atoms with Crippen LogP contribution in [0.3, 0.4) is 0 Å². The average Bonchev–Trinajstić information content (AvgIpc) is 2.61. The van der Waals surface area contributed by atoms with Crippen LogP contribution in [0.5, 0.6) is 5.75 Å². The lowest BCUT2D eigenvalue weighted by Gasteiger charge is -2.27. The number of hydrogen-bond donors (Lipinski definition) is 1. The molecule has 0 fully saturated rings. The molecule has 3 nitrogen and oxygen atoms in total. The monoisotopic (exact) mass is 221 g/mol. The van der Waals surface area contributed by atoms with Crippen LogP contribution in [-0.4, -0.2) is 30.9 Å². The van der Waals surface area contributed by atoms with E-state index in [-0.39, 0.29) is 0 Å². The molecule has 0 aliphatic carbocycles. The van der Waals surface area contributed by atoms with Gasteiger partial charge in [-0.2, -0.15) is 0 Å². The summed E-state index contributed by atoms with van der Waals surface area (Å²) in [6, 6.07) is 6.20. The van der Waals surface area contributed by atoms with Crippen molar-refractivity contribution >= 4 is 5.69 Å². The number of aliphatic hydroxyl groups is 1. The molecule has 3 heteroatoms. The smallest absolute Gasteiger partial charge is 0.122 e. The van der Waals surface area contributed by atoms with Gasteiger partial charge in [-0.15, -0.1) is 0 Å². The number of ether oxygens (including phenoxy) is 1. The summed E-state index contributed by atoms with van der Waals surface area (Å²) in [7, 11) is 2.00. The van der Waals surface area contributed by atoms with Gasteiger partial charge in [0, 0.05) is 25.7 Å². The molecule has 0 aromatic heterocycles. The molecule has 2 rings (SSSR count). The number of anilines is 1. The van der Waals surface area contributed by atoms with E-state index >= 15 is 0 Å². The van der Waals surface area contributed by atoms with E-state index in [1.165, 1.54) is 5.56 Å². The molecule has 0 saturated heterocycles. The van der Waals surface area contributed by atoms with Gasteiger partial charge in [-0.25, -0.2) is 0 Å². The molecule has 0 amide bonds. The van der Waals surface area contributed by atoms with E-state index in [1.807, 2.05) is 33.0 Å². The number of likely N-dealkylation sites (N-methyl/N-ethyl adjacent to an activating group) is 1. The predicted octanol–water partition coefficient (Wildman–Crippen LogP) is 1.83. The lowest BCUT2D eigenvalue weighted by Crippen LogP contribution is -2.36. The summed E-state index contributed by atoms with van der Waals surface area (Å²) in [6.45, 7) is 5.04. The SMILES string of the molecule is CN(CC(C)(C)O)c1ccc2c(c1)CCO2. The fourth-order valence-corrected chi connectivity index (χ4v) is 2.08. The summed E-state index contributed by atoms with van der Waals surface area (Å²) in [5.74, 6) is 1.00. The fraction of sp³-hybridized carbons (Fsp3) is 0.538. The molecule has 0 spiro atoms. The summed E-state index contributed by atoms with van der Waals surface area (Å²) < 4.78 is 5.47. The second kappa shape index (κ2) is 3.98. The molecule has 1 aliphatic rings. The van der Waals surface area contributed by atoms with Gasteiger partial charge in [0.25, 0.3) is 0 Å². The zero-order valence-electron chi connectivity index (χ0n) is 10.2. The van der Waals surface area contributed by atoms with Crippen molar-refractivity contribution in [2.75, 3.05) is 25.1 Å². The molecule has 0 bridgehead atoms. The van der Waals surface area contributed by atoms with Crippen LogP contribution in [0.1, 0.15) is 19.4 Å². The van der Waals surface area contributed by atoms with Crippen molar-refractivity contribution in [3.05, 3.63) is 23.8 Å². The number of hydrogen-bond acceptors (Lipinski definition) is 3. The van der Waals surface area contributed by atoms with Gasteiger partial charge >= 0.3 is 0 Å². The van der Waals surface area contributed by atoms with Gasteiger partial charge in [-0.1, -0.05) is 0 Å². The Hall–Kier alpha value is -1.22. The summed E-state index contributed by atoms with van der Waals surface area (Å²) in [6.07, 6.45) is 0.986. The zero-order valence-corrected chi connectivity index (χ0v) is 10.2. The van der Waals surface area contributed by atoms with Crippen molar-refractivity contribution in [1.29, 1.82) is 0 Å². The Labute approximate surface area is 96.6 Å². The molecule has 0 radical (unpaired) electrons. The van der Waals surface area contributed by atoms with Crippen LogP contribution in [0.15, 0.2) is 18.2 Å². The molecule has 1 aromatic carbocycles. The molecule has 16 heavy (non-hydrogen) atoms. The maximum Gasteiger partial charge on any atom is 0.122 e. The molecular weight excluding hydrogens is 202 g/mol. The Morgan fingerprint density at radius 1 is 1.44 bits per heavy atom. The summed E-state index contributed by atoms with van der Waals surface area (Å²) in [5, 5.41) is 9.78. The molecule has 1 aliphatic heterocycles. The highest BCUT2D eigenvalue weighted by atomic mass is 16.5. The maximum absolute atomic E-state index is 9.78. The Morgan fingerprint density at radius 3 is 2.88 bits per heavy atom. The van der Waals surface area contributed by atoms with Crippen LogP contribution in [-0.2, 0) is 6.42 Å². The quantitative estimate of drug-likeness (QED) is 0.845. The minimum absolute atomic E-state index is 0.618. The summed E-state index contributed by atoms with van der Waals surface area (Å²) in [5.41, 5.74) is 1.72. The lowest BCUT2D eigenvalue weighted by molar-refractivity contribution is 0.0886. The second-order valence-electron chi connectivity index (χ2n) is 5.06. The van der Waals surface area contributed by atoms with Crippen LogP contribution in [0.2, 0.25) is 0 Å². The Bertz CT molecular complexity index is 382. The van der Waals surface area contributed by atoms with E-state index in [1.54, 1.807) is 0 Å². The third kappa shape index (κ3) is 2.47. The predicted molar refractivity (Wildman–Crippen MR) is 65.2 cm³/mol. The highest BCUT2D eigenvalue weighted by Crippen LogP contribution is 2.29. The Kier molecular flexibility index (Phi) is 2.80. The van der Waals surface area contributed by atoms with Crippen LogP contribution >= 0.6 is 0 Å². The lowest BCUT2D eigenvalue weighted by atomic mass is 10.1. The van der Waals surface area contributed by atoms with Gasteiger partial charge < -0.3 is 14.7 Å². The number of nitrogens with zero attached hydrogens (tertiary/aromatic N) is 1. The maximum atomic E-state index is 9.78. The molecule has 1 aromatic rings.